The van der Waals surface area contributed by atoms with Gasteiger partial charge in [-0.25, -0.2) is 23.5 Å². The first kappa shape index (κ1) is 25.6. The molecule has 3 aromatic rings. The predicted molar refractivity (Wildman–Crippen MR) is 136 cm³/mol. The van der Waals surface area contributed by atoms with Crippen molar-refractivity contribution in [1.82, 2.24) is 24.4 Å². The normalized spacial score (nSPS) is 21.8. The third kappa shape index (κ3) is 5.18. The second-order valence-electron chi connectivity index (χ2n) is 9.74. The Labute approximate surface area is 217 Å². The summed E-state index contributed by atoms with van der Waals surface area (Å²) in [5, 5.41) is 6.12. The number of primary amides is 1. The highest BCUT2D eigenvalue weighted by Gasteiger charge is 2.30. The van der Waals surface area contributed by atoms with Gasteiger partial charge in [0.2, 0.25) is 17.8 Å². The van der Waals surface area contributed by atoms with E-state index in [0.29, 0.717) is 55.9 Å². The Morgan fingerprint density at radius 1 is 1.11 bits per heavy atom. The van der Waals surface area contributed by atoms with Crippen LogP contribution in [0, 0.1) is 17.6 Å². The zero-order valence-corrected chi connectivity index (χ0v) is 21.0. The van der Waals surface area contributed by atoms with E-state index in [2.05, 4.69) is 20.6 Å². The van der Waals surface area contributed by atoms with E-state index < -0.39 is 11.6 Å². The third-order valence-electron chi connectivity index (χ3n) is 7.28. The van der Waals surface area contributed by atoms with Crippen molar-refractivity contribution in [2.24, 2.45) is 11.7 Å². The Hall–Kier alpha value is -4.03. The summed E-state index contributed by atoms with van der Waals surface area (Å²) in [5.41, 5.74) is 6.15. The van der Waals surface area contributed by atoms with Crippen molar-refractivity contribution in [3.63, 3.8) is 0 Å². The van der Waals surface area contributed by atoms with E-state index in [1.165, 1.54) is 25.3 Å². The molecule has 2 fully saturated rings. The van der Waals surface area contributed by atoms with Crippen molar-refractivity contribution in [1.29, 1.82) is 0 Å². The Morgan fingerprint density at radius 2 is 1.84 bits per heavy atom. The van der Waals surface area contributed by atoms with Crippen LogP contribution in [-0.2, 0) is 9.53 Å². The molecule has 0 unspecified atom stereocenters. The van der Waals surface area contributed by atoms with Gasteiger partial charge in [0.15, 0.2) is 5.65 Å². The number of carbonyl (C=O) groups is 2. The molecule has 2 aromatic heterocycles. The number of aromatic nitrogens is 4. The molecule has 202 valence electrons. The molecule has 0 radical (unpaired) electrons. The SMILES string of the molecule is COC(=O)N1CCC[C@@H](Nc2ncc3nc(Nc4c(F)cccc4F)n(C4CCC(C(N)=O)CC4)c3n2)C1. The lowest BCUT2D eigenvalue weighted by Crippen LogP contribution is -2.45. The van der Waals surface area contributed by atoms with Gasteiger partial charge in [-0.15, -0.1) is 0 Å². The largest absolute Gasteiger partial charge is 0.453 e. The van der Waals surface area contributed by atoms with Crippen LogP contribution < -0.4 is 16.4 Å². The van der Waals surface area contributed by atoms with Crippen LogP contribution in [0.15, 0.2) is 24.4 Å². The highest BCUT2D eigenvalue weighted by atomic mass is 19.1. The number of likely N-dealkylation sites (tertiary alicyclic amines) is 1. The lowest BCUT2D eigenvalue weighted by atomic mass is 9.85. The van der Waals surface area contributed by atoms with Crippen LogP contribution in [0.1, 0.15) is 44.6 Å². The van der Waals surface area contributed by atoms with Crippen molar-refractivity contribution in [3.8, 4) is 0 Å². The molecule has 2 amide bonds. The van der Waals surface area contributed by atoms with Gasteiger partial charge in [0.05, 0.1) is 13.3 Å². The first-order chi connectivity index (χ1) is 18.3. The number of hydrogen-bond acceptors (Lipinski definition) is 8. The number of anilines is 3. The molecule has 1 saturated carbocycles. The van der Waals surface area contributed by atoms with Gasteiger partial charge in [0.1, 0.15) is 22.8 Å². The van der Waals surface area contributed by atoms with E-state index in [4.69, 9.17) is 15.5 Å². The lowest BCUT2D eigenvalue weighted by Gasteiger charge is -2.32. The molecule has 4 N–H and O–H groups in total. The number of nitrogens with zero attached hydrogens (tertiary/aromatic N) is 5. The van der Waals surface area contributed by atoms with Gasteiger partial charge in [-0.05, 0) is 50.7 Å². The number of rotatable bonds is 6. The zero-order valence-electron chi connectivity index (χ0n) is 21.0. The number of imidazole rings is 1. The Morgan fingerprint density at radius 3 is 2.53 bits per heavy atom. The number of nitrogens with one attached hydrogen (secondary N) is 2. The Bertz CT molecular complexity index is 1320. The fraction of sp³-hybridized carbons (Fsp3) is 0.480. The molecule has 38 heavy (non-hydrogen) atoms. The maximum Gasteiger partial charge on any atom is 0.409 e. The van der Waals surface area contributed by atoms with Crippen LogP contribution in [0.3, 0.4) is 0 Å². The average molecular weight is 529 g/mol. The summed E-state index contributed by atoms with van der Waals surface area (Å²) in [4.78, 5) is 39.0. The first-order valence-electron chi connectivity index (χ1n) is 12.7. The quantitative estimate of drug-likeness (QED) is 0.440. The summed E-state index contributed by atoms with van der Waals surface area (Å²) < 4.78 is 35.6. The van der Waals surface area contributed by atoms with Gasteiger partial charge < -0.3 is 26.0 Å². The zero-order chi connectivity index (χ0) is 26.8. The number of carbonyl (C=O) groups excluding carboxylic acids is 2. The van der Waals surface area contributed by atoms with Gasteiger partial charge in [-0.3, -0.25) is 9.36 Å². The summed E-state index contributed by atoms with van der Waals surface area (Å²) in [6.07, 6.45) is 5.23. The second kappa shape index (κ2) is 10.8. The van der Waals surface area contributed by atoms with Crippen LogP contribution >= 0.6 is 0 Å². The van der Waals surface area contributed by atoms with Crippen LogP contribution in [0.4, 0.5) is 31.2 Å². The number of halogens is 2. The molecule has 11 nitrogen and oxygen atoms in total. The smallest absolute Gasteiger partial charge is 0.409 e. The molecule has 1 aromatic carbocycles. The van der Waals surface area contributed by atoms with Gasteiger partial charge in [-0.2, -0.15) is 4.98 Å². The number of amides is 2. The number of methoxy groups -OCH3 is 1. The topological polar surface area (TPSA) is 140 Å². The molecule has 0 spiro atoms. The van der Waals surface area contributed by atoms with Crippen molar-refractivity contribution in [2.45, 2.75) is 50.6 Å². The van der Waals surface area contributed by atoms with Crippen molar-refractivity contribution in [2.75, 3.05) is 30.8 Å². The number of piperidine rings is 1. The number of para-hydroxylation sites is 1. The number of benzene rings is 1. The Balaban J connectivity index is 1.47. The fourth-order valence-corrected chi connectivity index (χ4v) is 5.31. The van der Waals surface area contributed by atoms with Gasteiger partial charge in [0, 0.05) is 31.1 Å². The van der Waals surface area contributed by atoms with Crippen LogP contribution in [0.2, 0.25) is 0 Å². The number of nitrogens with two attached hydrogens (primary N) is 1. The molecule has 1 atom stereocenters. The van der Waals surface area contributed by atoms with Crippen molar-refractivity contribution < 1.29 is 23.1 Å². The summed E-state index contributed by atoms with van der Waals surface area (Å²) in [7, 11) is 1.35. The van der Waals surface area contributed by atoms with E-state index in [1.54, 1.807) is 11.1 Å². The highest BCUT2D eigenvalue weighted by Crippen LogP contribution is 2.37. The summed E-state index contributed by atoms with van der Waals surface area (Å²) in [6, 6.07) is 3.42. The fourth-order valence-electron chi connectivity index (χ4n) is 5.31. The number of hydrogen-bond donors (Lipinski definition) is 3. The maximum absolute atomic E-state index is 14.5. The third-order valence-corrected chi connectivity index (χ3v) is 7.28. The molecule has 1 aliphatic carbocycles. The molecule has 0 bridgehead atoms. The van der Waals surface area contributed by atoms with Crippen molar-refractivity contribution >= 4 is 40.7 Å². The molecule has 2 aliphatic rings. The van der Waals surface area contributed by atoms with Crippen LogP contribution in [0.25, 0.3) is 11.2 Å². The standard InChI is InChI=1S/C25H30F2N8O3/c1-38-25(37)34-11-3-4-15(13-34)30-23-29-12-19-22(33-23)35(16-9-7-14(8-10-16)21(28)36)24(31-19)32-20-17(26)5-2-6-18(20)27/h2,5-6,12,14-16H,3-4,7-11,13H2,1H3,(H2,28,36)(H,31,32)(H,29,30,33)/t14?,15-,16?/m1/s1. The number of ether oxygens (including phenoxy) is 1. The molecule has 5 rings (SSSR count). The van der Waals surface area contributed by atoms with Crippen LogP contribution in [0.5, 0.6) is 0 Å². The minimum Gasteiger partial charge on any atom is -0.453 e. The lowest BCUT2D eigenvalue weighted by molar-refractivity contribution is -0.122. The molecular formula is C25H30F2N8O3. The highest BCUT2D eigenvalue weighted by molar-refractivity contribution is 5.78. The second-order valence-corrected chi connectivity index (χ2v) is 9.74. The number of fused-ring (bicyclic) bond motifs is 1. The monoisotopic (exact) mass is 528 g/mol. The van der Waals surface area contributed by atoms with Crippen LogP contribution in [-0.4, -0.2) is 62.7 Å². The predicted octanol–water partition coefficient (Wildman–Crippen LogP) is 3.71. The average Bonchev–Trinajstić information content (AvgIpc) is 3.27. The molecule has 1 aliphatic heterocycles. The summed E-state index contributed by atoms with van der Waals surface area (Å²) in [6.45, 7) is 1.07. The molecule has 13 heteroatoms. The Kier molecular flexibility index (Phi) is 7.25. The first-order valence-corrected chi connectivity index (χ1v) is 12.7. The van der Waals surface area contributed by atoms with E-state index >= 15 is 0 Å². The van der Waals surface area contributed by atoms with E-state index in [-0.39, 0.29) is 41.6 Å². The minimum atomic E-state index is -0.748. The van der Waals surface area contributed by atoms with Gasteiger partial charge >= 0.3 is 6.09 Å². The molecule has 1 saturated heterocycles. The maximum atomic E-state index is 14.5. The van der Waals surface area contributed by atoms with E-state index in [1.807, 2.05) is 4.57 Å². The molecule has 3 heterocycles. The van der Waals surface area contributed by atoms with Gasteiger partial charge in [-0.1, -0.05) is 6.07 Å². The molecular weight excluding hydrogens is 498 g/mol. The van der Waals surface area contributed by atoms with Crippen molar-refractivity contribution in [3.05, 3.63) is 36.0 Å². The summed E-state index contributed by atoms with van der Waals surface area (Å²) in [5.74, 6) is -1.45. The van der Waals surface area contributed by atoms with Gasteiger partial charge in [0.25, 0.3) is 0 Å². The minimum absolute atomic E-state index is 0.0761. The summed E-state index contributed by atoms with van der Waals surface area (Å²) >= 11 is 0. The van der Waals surface area contributed by atoms with E-state index in [9.17, 15) is 18.4 Å². The van der Waals surface area contributed by atoms with E-state index in [0.717, 1.165) is 12.8 Å².